The molecule has 0 radical (unpaired) electrons. The van der Waals surface area contributed by atoms with Crippen LogP contribution in [0.3, 0.4) is 0 Å². The number of hydrogen-bond donors (Lipinski definition) is 2. The van der Waals surface area contributed by atoms with Gasteiger partial charge < -0.3 is 15.8 Å². The van der Waals surface area contributed by atoms with E-state index in [9.17, 15) is 0 Å². The third-order valence-corrected chi connectivity index (χ3v) is 3.22. The molecule has 0 spiro atoms. The molecule has 2 rings (SSSR count). The highest BCUT2D eigenvalue weighted by Gasteiger charge is 2.06. The van der Waals surface area contributed by atoms with Gasteiger partial charge in [-0.2, -0.15) is 0 Å². The lowest BCUT2D eigenvalue weighted by Gasteiger charge is -2.15. The summed E-state index contributed by atoms with van der Waals surface area (Å²) >= 11 is 0. The molecule has 0 aliphatic heterocycles. The first-order chi connectivity index (χ1) is 9.01. The molecule has 3 N–H and O–H groups in total. The van der Waals surface area contributed by atoms with E-state index in [1.165, 1.54) is 5.56 Å². The summed E-state index contributed by atoms with van der Waals surface area (Å²) in [6.45, 7) is 6.14. The minimum Gasteiger partial charge on any atom is -0.496 e. The lowest BCUT2D eigenvalue weighted by molar-refractivity contribution is 0.411. The molecule has 0 aliphatic rings. The number of nitrogens with two attached hydrogens (primary N) is 1. The number of ether oxygens (including phenoxy) is 1. The molecule has 3 heteroatoms. The van der Waals surface area contributed by atoms with E-state index in [0.717, 1.165) is 33.9 Å². The lowest BCUT2D eigenvalue weighted by Crippen LogP contribution is -1.99. The van der Waals surface area contributed by atoms with Gasteiger partial charge in [-0.25, -0.2) is 0 Å². The molecule has 0 fully saturated rings. The average Bonchev–Trinajstić information content (AvgIpc) is 2.37. The van der Waals surface area contributed by atoms with Crippen LogP contribution in [0.25, 0.3) is 0 Å². The molecular formula is C16H20N2O. The Labute approximate surface area is 114 Å². The molecule has 19 heavy (non-hydrogen) atoms. The number of nitrogen functional groups attached to an aromatic ring is 1. The molecular weight excluding hydrogens is 236 g/mol. The van der Waals surface area contributed by atoms with Crippen LogP contribution in [0.2, 0.25) is 0 Å². The Hall–Kier alpha value is -2.16. The second-order valence-electron chi connectivity index (χ2n) is 4.85. The zero-order chi connectivity index (χ0) is 14.0. The maximum atomic E-state index is 5.99. The first-order valence-corrected chi connectivity index (χ1v) is 6.29. The summed E-state index contributed by atoms with van der Waals surface area (Å²) in [6, 6.07) is 10.1. The first kappa shape index (κ1) is 13.3. The Morgan fingerprint density at radius 1 is 0.947 bits per heavy atom. The van der Waals surface area contributed by atoms with Crippen LogP contribution in [0.5, 0.6) is 5.75 Å². The summed E-state index contributed by atoms with van der Waals surface area (Å²) in [5.74, 6) is 0.903. The van der Waals surface area contributed by atoms with Crippen LogP contribution in [0.1, 0.15) is 16.7 Å². The van der Waals surface area contributed by atoms with E-state index in [-0.39, 0.29) is 0 Å². The second-order valence-corrected chi connectivity index (χ2v) is 4.85. The van der Waals surface area contributed by atoms with Gasteiger partial charge in [-0.05, 0) is 61.7 Å². The molecule has 0 saturated carbocycles. The van der Waals surface area contributed by atoms with Gasteiger partial charge in [0.1, 0.15) is 5.75 Å². The average molecular weight is 256 g/mol. The molecule has 100 valence electrons. The fourth-order valence-corrected chi connectivity index (χ4v) is 2.07. The van der Waals surface area contributed by atoms with Gasteiger partial charge in [-0.1, -0.05) is 6.07 Å². The summed E-state index contributed by atoms with van der Waals surface area (Å²) in [5.41, 5.74) is 12.1. The van der Waals surface area contributed by atoms with E-state index in [1.54, 1.807) is 7.11 Å². The summed E-state index contributed by atoms with van der Waals surface area (Å²) in [4.78, 5) is 0. The Morgan fingerprint density at radius 3 is 2.37 bits per heavy atom. The van der Waals surface area contributed by atoms with Crippen molar-refractivity contribution in [1.29, 1.82) is 0 Å². The topological polar surface area (TPSA) is 47.3 Å². The normalized spacial score (nSPS) is 10.3. The van der Waals surface area contributed by atoms with E-state index in [0.29, 0.717) is 0 Å². The van der Waals surface area contributed by atoms with E-state index in [2.05, 4.69) is 25.2 Å². The zero-order valence-electron chi connectivity index (χ0n) is 11.9. The zero-order valence-corrected chi connectivity index (χ0v) is 11.9. The Balaban J connectivity index is 2.38. The van der Waals surface area contributed by atoms with Crippen LogP contribution in [0, 0.1) is 20.8 Å². The monoisotopic (exact) mass is 256 g/mol. The predicted molar refractivity (Wildman–Crippen MR) is 81.3 cm³/mol. The molecule has 0 saturated heterocycles. The van der Waals surface area contributed by atoms with Crippen molar-refractivity contribution in [3.63, 3.8) is 0 Å². The third kappa shape index (κ3) is 2.81. The maximum absolute atomic E-state index is 5.99. The fraction of sp³-hybridized carbons (Fsp3) is 0.250. The van der Waals surface area contributed by atoms with Gasteiger partial charge in [0.05, 0.1) is 18.5 Å². The van der Waals surface area contributed by atoms with Crippen LogP contribution in [0.4, 0.5) is 17.1 Å². The number of methoxy groups -OCH3 is 1. The van der Waals surface area contributed by atoms with Gasteiger partial charge >= 0.3 is 0 Å². The van der Waals surface area contributed by atoms with E-state index < -0.39 is 0 Å². The van der Waals surface area contributed by atoms with Crippen LogP contribution < -0.4 is 15.8 Å². The highest BCUT2D eigenvalue weighted by molar-refractivity contribution is 5.75. The van der Waals surface area contributed by atoms with Crippen LogP contribution >= 0.6 is 0 Å². The van der Waals surface area contributed by atoms with Gasteiger partial charge in [-0.15, -0.1) is 0 Å². The highest BCUT2D eigenvalue weighted by Crippen LogP contribution is 2.30. The predicted octanol–water partition coefficient (Wildman–Crippen LogP) is 3.95. The minimum atomic E-state index is 0.749. The minimum absolute atomic E-state index is 0.749. The summed E-state index contributed by atoms with van der Waals surface area (Å²) in [6.07, 6.45) is 0. The van der Waals surface area contributed by atoms with Crippen molar-refractivity contribution in [2.75, 3.05) is 18.2 Å². The van der Waals surface area contributed by atoms with Crippen LogP contribution in [-0.4, -0.2) is 7.11 Å². The van der Waals surface area contributed by atoms with Crippen molar-refractivity contribution >= 4 is 17.1 Å². The molecule has 0 amide bonds. The van der Waals surface area contributed by atoms with Crippen molar-refractivity contribution in [3.8, 4) is 5.75 Å². The molecule has 0 unspecified atom stereocenters. The quantitative estimate of drug-likeness (QED) is 0.817. The van der Waals surface area contributed by atoms with Gasteiger partial charge in [0.2, 0.25) is 0 Å². The van der Waals surface area contributed by atoms with E-state index in [1.807, 2.05) is 31.2 Å². The standard InChI is InChI=1S/C16H20N2O/c1-10-5-6-13(17)15(7-10)18-14-8-12(3)16(19-4)9-11(14)2/h5-9,18H,17H2,1-4H3. The van der Waals surface area contributed by atoms with E-state index >= 15 is 0 Å². The Morgan fingerprint density at radius 2 is 1.68 bits per heavy atom. The summed E-state index contributed by atoms with van der Waals surface area (Å²) in [5, 5.41) is 3.39. The largest absolute Gasteiger partial charge is 0.496 e. The first-order valence-electron chi connectivity index (χ1n) is 6.29. The van der Waals surface area contributed by atoms with Crippen molar-refractivity contribution in [3.05, 3.63) is 47.0 Å². The SMILES string of the molecule is COc1cc(C)c(Nc2cc(C)ccc2N)cc1C. The smallest absolute Gasteiger partial charge is 0.122 e. The number of nitrogens with one attached hydrogen (secondary N) is 1. The molecule has 2 aromatic carbocycles. The molecule has 0 aromatic heterocycles. The number of rotatable bonds is 3. The Kier molecular flexibility index (Phi) is 3.65. The van der Waals surface area contributed by atoms with Crippen LogP contribution in [-0.2, 0) is 0 Å². The fourth-order valence-electron chi connectivity index (χ4n) is 2.07. The molecule has 2 aromatic rings. The molecule has 0 aliphatic carbocycles. The lowest BCUT2D eigenvalue weighted by atomic mass is 10.1. The number of benzene rings is 2. The number of hydrogen-bond acceptors (Lipinski definition) is 3. The highest BCUT2D eigenvalue weighted by atomic mass is 16.5. The molecule has 3 nitrogen and oxygen atoms in total. The number of aryl methyl sites for hydroxylation is 3. The van der Waals surface area contributed by atoms with Gasteiger partial charge in [0.15, 0.2) is 0 Å². The molecule has 0 bridgehead atoms. The third-order valence-electron chi connectivity index (χ3n) is 3.22. The molecule has 0 heterocycles. The maximum Gasteiger partial charge on any atom is 0.122 e. The van der Waals surface area contributed by atoms with Crippen molar-refractivity contribution in [2.45, 2.75) is 20.8 Å². The van der Waals surface area contributed by atoms with Crippen molar-refractivity contribution < 1.29 is 4.74 Å². The van der Waals surface area contributed by atoms with Gasteiger partial charge in [0.25, 0.3) is 0 Å². The van der Waals surface area contributed by atoms with E-state index in [4.69, 9.17) is 10.5 Å². The molecule has 0 atom stereocenters. The summed E-state index contributed by atoms with van der Waals surface area (Å²) < 4.78 is 5.32. The second kappa shape index (κ2) is 5.22. The Bertz CT molecular complexity index is 606. The van der Waals surface area contributed by atoms with Crippen molar-refractivity contribution in [1.82, 2.24) is 0 Å². The van der Waals surface area contributed by atoms with Gasteiger partial charge in [-0.3, -0.25) is 0 Å². The number of anilines is 3. The van der Waals surface area contributed by atoms with Gasteiger partial charge in [0, 0.05) is 5.69 Å². The van der Waals surface area contributed by atoms with Crippen LogP contribution in [0.15, 0.2) is 30.3 Å². The van der Waals surface area contributed by atoms with Crippen molar-refractivity contribution in [2.24, 2.45) is 0 Å². The summed E-state index contributed by atoms with van der Waals surface area (Å²) in [7, 11) is 1.69.